The first-order valence-corrected chi connectivity index (χ1v) is 7.09. The molecular formula is C14H17N3O2S. The highest BCUT2D eigenvalue weighted by Gasteiger charge is 2.14. The minimum Gasteiger partial charge on any atom is -0.455 e. The van der Waals surface area contributed by atoms with E-state index in [1.807, 2.05) is 38.1 Å². The average molecular weight is 291 g/mol. The van der Waals surface area contributed by atoms with Gasteiger partial charge in [0.1, 0.15) is 5.76 Å². The van der Waals surface area contributed by atoms with Crippen molar-refractivity contribution in [1.29, 1.82) is 0 Å². The van der Waals surface area contributed by atoms with Crippen LogP contribution in [-0.2, 0) is 5.75 Å². The van der Waals surface area contributed by atoms with E-state index < -0.39 is 5.91 Å². The molecule has 0 fully saturated rings. The van der Waals surface area contributed by atoms with Crippen LogP contribution in [0, 0.1) is 13.8 Å². The molecule has 0 aliphatic heterocycles. The molecule has 0 saturated carbocycles. The molecule has 1 aromatic heterocycles. The summed E-state index contributed by atoms with van der Waals surface area (Å²) in [5.41, 5.74) is 10.7. The molecule has 6 heteroatoms. The SMILES string of the molecule is Cc1ccc(SCc2cc(C)c(C(=O)NN)o2)c(N)c1. The number of hydrogen-bond donors (Lipinski definition) is 3. The van der Waals surface area contributed by atoms with Crippen LogP contribution in [0.1, 0.15) is 27.4 Å². The molecule has 0 aliphatic carbocycles. The van der Waals surface area contributed by atoms with Gasteiger partial charge < -0.3 is 10.2 Å². The van der Waals surface area contributed by atoms with Gasteiger partial charge >= 0.3 is 5.91 Å². The second kappa shape index (κ2) is 6.02. The number of anilines is 1. The highest BCUT2D eigenvalue weighted by atomic mass is 32.2. The monoisotopic (exact) mass is 291 g/mol. The molecule has 20 heavy (non-hydrogen) atoms. The van der Waals surface area contributed by atoms with Crippen LogP contribution < -0.4 is 17.0 Å². The number of nitrogens with one attached hydrogen (secondary N) is 1. The van der Waals surface area contributed by atoms with E-state index in [9.17, 15) is 4.79 Å². The van der Waals surface area contributed by atoms with Crippen molar-refractivity contribution in [2.45, 2.75) is 24.5 Å². The minimum absolute atomic E-state index is 0.250. The zero-order valence-corrected chi connectivity index (χ0v) is 12.2. The lowest BCUT2D eigenvalue weighted by molar-refractivity contribution is 0.0923. The van der Waals surface area contributed by atoms with Gasteiger partial charge in [-0.15, -0.1) is 11.8 Å². The van der Waals surface area contributed by atoms with Crippen LogP contribution in [-0.4, -0.2) is 5.91 Å². The highest BCUT2D eigenvalue weighted by molar-refractivity contribution is 7.98. The summed E-state index contributed by atoms with van der Waals surface area (Å²) >= 11 is 1.57. The van der Waals surface area contributed by atoms with Crippen LogP contribution in [0.2, 0.25) is 0 Å². The van der Waals surface area contributed by atoms with Gasteiger partial charge in [-0.25, -0.2) is 5.84 Å². The zero-order chi connectivity index (χ0) is 14.7. The number of hydrazine groups is 1. The maximum absolute atomic E-state index is 11.5. The topological polar surface area (TPSA) is 94.3 Å². The van der Waals surface area contributed by atoms with E-state index in [2.05, 4.69) is 5.43 Å². The van der Waals surface area contributed by atoms with Crippen LogP contribution in [0.3, 0.4) is 0 Å². The first kappa shape index (κ1) is 14.5. The molecule has 0 spiro atoms. The molecule has 106 valence electrons. The fraction of sp³-hybridized carbons (Fsp3) is 0.214. The number of aryl methyl sites for hydroxylation is 2. The Hall–Kier alpha value is -1.92. The summed E-state index contributed by atoms with van der Waals surface area (Å²) in [5, 5.41) is 0. The van der Waals surface area contributed by atoms with E-state index >= 15 is 0 Å². The number of thioether (sulfide) groups is 1. The molecule has 0 bridgehead atoms. The Morgan fingerprint density at radius 3 is 2.75 bits per heavy atom. The molecule has 5 nitrogen and oxygen atoms in total. The zero-order valence-electron chi connectivity index (χ0n) is 11.4. The lowest BCUT2D eigenvalue weighted by Gasteiger charge is -2.05. The molecule has 0 aliphatic rings. The number of rotatable bonds is 4. The predicted molar refractivity (Wildman–Crippen MR) is 80.3 cm³/mol. The summed E-state index contributed by atoms with van der Waals surface area (Å²) < 4.78 is 5.50. The Morgan fingerprint density at radius 2 is 2.10 bits per heavy atom. The van der Waals surface area contributed by atoms with Gasteiger partial charge in [-0.2, -0.15) is 0 Å². The second-order valence-electron chi connectivity index (χ2n) is 4.53. The van der Waals surface area contributed by atoms with Gasteiger partial charge in [-0.05, 0) is 37.6 Å². The van der Waals surface area contributed by atoms with Gasteiger partial charge in [-0.3, -0.25) is 10.2 Å². The maximum atomic E-state index is 11.5. The average Bonchev–Trinajstić information content (AvgIpc) is 2.78. The molecule has 0 atom stereocenters. The van der Waals surface area contributed by atoms with Gasteiger partial charge in [-0.1, -0.05) is 6.07 Å². The van der Waals surface area contributed by atoms with Gasteiger partial charge in [0.2, 0.25) is 0 Å². The Labute approximate surface area is 121 Å². The number of hydrogen-bond acceptors (Lipinski definition) is 5. The molecule has 0 unspecified atom stereocenters. The molecule has 1 aromatic carbocycles. The molecule has 0 saturated heterocycles. The summed E-state index contributed by atoms with van der Waals surface area (Å²) in [4.78, 5) is 12.5. The van der Waals surface area contributed by atoms with Crippen LogP contribution in [0.15, 0.2) is 33.6 Å². The van der Waals surface area contributed by atoms with Gasteiger partial charge in [0.15, 0.2) is 5.76 Å². The van der Waals surface area contributed by atoms with E-state index in [1.165, 1.54) is 0 Å². The highest BCUT2D eigenvalue weighted by Crippen LogP contribution is 2.30. The van der Waals surface area contributed by atoms with Crippen molar-refractivity contribution in [2.24, 2.45) is 5.84 Å². The van der Waals surface area contributed by atoms with Crippen molar-refractivity contribution in [2.75, 3.05) is 5.73 Å². The number of benzene rings is 1. The van der Waals surface area contributed by atoms with Crippen LogP contribution in [0.25, 0.3) is 0 Å². The summed E-state index contributed by atoms with van der Waals surface area (Å²) in [5.74, 6) is 6.24. The lowest BCUT2D eigenvalue weighted by atomic mass is 10.2. The molecule has 2 aromatic rings. The Bertz CT molecular complexity index is 637. The smallest absolute Gasteiger partial charge is 0.301 e. The first-order valence-electron chi connectivity index (χ1n) is 6.10. The normalized spacial score (nSPS) is 10.6. The van der Waals surface area contributed by atoms with E-state index in [0.717, 1.165) is 21.7 Å². The maximum Gasteiger partial charge on any atom is 0.301 e. The van der Waals surface area contributed by atoms with Crippen LogP contribution in [0.5, 0.6) is 0 Å². The number of carbonyl (C=O) groups is 1. The molecule has 5 N–H and O–H groups in total. The Morgan fingerprint density at radius 1 is 1.35 bits per heavy atom. The minimum atomic E-state index is -0.423. The largest absolute Gasteiger partial charge is 0.455 e. The Kier molecular flexibility index (Phi) is 4.36. The van der Waals surface area contributed by atoms with E-state index in [4.69, 9.17) is 16.0 Å². The van der Waals surface area contributed by atoms with Crippen molar-refractivity contribution >= 4 is 23.4 Å². The predicted octanol–water partition coefficient (Wildman–Crippen LogP) is 2.37. The standard InChI is InChI=1S/C14H17N3O2S/c1-8-3-4-12(11(15)5-8)20-7-10-6-9(2)13(19-10)14(18)17-16/h3-6H,7,15-16H2,1-2H3,(H,17,18). The van der Waals surface area contributed by atoms with Crippen molar-refractivity contribution in [3.63, 3.8) is 0 Å². The lowest BCUT2D eigenvalue weighted by Crippen LogP contribution is -2.30. The van der Waals surface area contributed by atoms with Crippen LogP contribution in [0.4, 0.5) is 5.69 Å². The summed E-state index contributed by atoms with van der Waals surface area (Å²) in [6.45, 7) is 3.81. The molecular weight excluding hydrogens is 274 g/mol. The fourth-order valence-corrected chi connectivity index (χ4v) is 2.69. The van der Waals surface area contributed by atoms with E-state index in [0.29, 0.717) is 11.5 Å². The number of amides is 1. The number of nitrogens with two attached hydrogens (primary N) is 2. The van der Waals surface area contributed by atoms with E-state index in [-0.39, 0.29) is 5.76 Å². The third-order valence-corrected chi connectivity index (χ3v) is 3.95. The quantitative estimate of drug-likeness (QED) is 0.264. The van der Waals surface area contributed by atoms with Gasteiger partial charge in [0.25, 0.3) is 0 Å². The van der Waals surface area contributed by atoms with Crippen molar-refractivity contribution < 1.29 is 9.21 Å². The molecule has 2 rings (SSSR count). The summed E-state index contributed by atoms with van der Waals surface area (Å²) in [6, 6.07) is 7.77. The van der Waals surface area contributed by atoms with Gasteiger partial charge in [0, 0.05) is 16.1 Å². The third kappa shape index (κ3) is 3.15. The fourth-order valence-electron chi connectivity index (χ4n) is 1.86. The molecule has 0 radical (unpaired) electrons. The second-order valence-corrected chi connectivity index (χ2v) is 5.55. The molecule has 1 amide bonds. The number of furan rings is 1. The summed E-state index contributed by atoms with van der Waals surface area (Å²) in [7, 11) is 0. The van der Waals surface area contributed by atoms with Crippen molar-refractivity contribution in [3.8, 4) is 0 Å². The molecule has 1 heterocycles. The van der Waals surface area contributed by atoms with Gasteiger partial charge in [0.05, 0.1) is 5.75 Å². The van der Waals surface area contributed by atoms with Crippen molar-refractivity contribution in [1.82, 2.24) is 5.43 Å². The van der Waals surface area contributed by atoms with E-state index in [1.54, 1.807) is 11.8 Å². The first-order chi connectivity index (χ1) is 9.51. The summed E-state index contributed by atoms with van der Waals surface area (Å²) in [6.07, 6.45) is 0. The third-order valence-electron chi connectivity index (χ3n) is 2.84. The van der Waals surface area contributed by atoms with Crippen molar-refractivity contribution in [3.05, 3.63) is 46.9 Å². The van der Waals surface area contributed by atoms with Crippen LogP contribution >= 0.6 is 11.8 Å². The number of carbonyl (C=O) groups excluding carboxylic acids is 1. The number of nitrogen functional groups attached to an aromatic ring is 2. The Balaban J connectivity index is 2.09.